The number of Topliss-reactive ketones (excluding diaryl/α,β-unsaturated/α-hetero) is 1. The normalized spacial score (nSPS) is 11.4. The number of ketones is 1. The first-order valence-corrected chi connectivity index (χ1v) is 29.3. The molecule has 0 aliphatic rings. The Morgan fingerprint density at radius 2 is 0.384 bits per heavy atom. The number of ether oxygens (including phenoxy) is 18. The van der Waals surface area contributed by atoms with Crippen molar-refractivity contribution in [1.29, 1.82) is 0 Å². The Morgan fingerprint density at radius 1 is 0.221 bits per heavy atom. The Labute approximate surface area is 510 Å². The first-order valence-electron chi connectivity index (χ1n) is 29.3. The van der Waals surface area contributed by atoms with Gasteiger partial charge in [0.05, 0.1) is 237 Å². The Morgan fingerprint density at radius 3 is 0.581 bits per heavy atom. The summed E-state index contributed by atoms with van der Waals surface area (Å²) in [7, 11) is 11.2. The molecule has 0 aliphatic heterocycles. The van der Waals surface area contributed by atoms with Crippen LogP contribution in [0.1, 0.15) is 6.92 Å². The molecule has 0 N–H and O–H groups in total. The van der Waals surface area contributed by atoms with E-state index in [1.54, 1.807) is 54.6 Å². The van der Waals surface area contributed by atoms with E-state index in [0.717, 1.165) is 0 Å². The van der Waals surface area contributed by atoms with Crippen LogP contribution in [0.3, 0.4) is 0 Å². The molecular weight excluding hydrogens is 1140 g/mol. The molecule has 30 nitrogen and oxygen atoms in total. The third-order valence-corrected chi connectivity index (χ3v) is 11.9. The SMILES string of the molecule is COCCOCCOCCN(C)CC(=O)N(CCOCCOCCOC)CC(=O)N(CCOCCOCCOC)CC(=O)N(CCOCCOCCOC)CC(=O)N(CCOCCOCCOC)CC(=O)N(CCOCCOCCOC)CC(C)=O. The molecule has 0 aromatic rings. The van der Waals surface area contributed by atoms with E-state index < -0.39 is 49.8 Å². The van der Waals surface area contributed by atoms with Gasteiger partial charge in [-0.25, -0.2) is 0 Å². The summed E-state index contributed by atoms with van der Waals surface area (Å²) in [5.41, 5.74) is 0. The van der Waals surface area contributed by atoms with Gasteiger partial charge in [0, 0.05) is 81.9 Å². The Balaban J connectivity index is 6.89. The fourth-order valence-corrected chi connectivity index (χ4v) is 7.07. The Kier molecular flexibility index (Phi) is 58.8. The average molecular weight is 1250 g/mol. The maximum atomic E-state index is 14.8. The monoisotopic (exact) mass is 1250 g/mol. The molecule has 5 amide bonds. The molecule has 0 spiro atoms. The van der Waals surface area contributed by atoms with Crippen molar-refractivity contribution in [3.8, 4) is 0 Å². The fraction of sp³-hybridized carbons (Fsp3) is 0.893. The Bertz CT molecular complexity index is 1640. The molecule has 506 valence electrons. The second-order valence-electron chi connectivity index (χ2n) is 18.8. The summed E-state index contributed by atoms with van der Waals surface area (Å²) in [4.78, 5) is 92.8. The molecule has 0 radical (unpaired) electrons. The van der Waals surface area contributed by atoms with Crippen LogP contribution in [-0.4, -0.2) is 391 Å². The third-order valence-electron chi connectivity index (χ3n) is 11.9. The van der Waals surface area contributed by atoms with E-state index in [1.165, 1.54) is 31.4 Å². The van der Waals surface area contributed by atoms with Gasteiger partial charge in [-0.2, -0.15) is 0 Å². The van der Waals surface area contributed by atoms with E-state index in [0.29, 0.717) is 112 Å². The van der Waals surface area contributed by atoms with Gasteiger partial charge >= 0.3 is 0 Å². The van der Waals surface area contributed by atoms with Gasteiger partial charge in [-0.15, -0.1) is 0 Å². The van der Waals surface area contributed by atoms with E-state index in [1.807, 2.05) is 0 Å². The summed E-state index contributed by atoms with van der Waals surface area (Å²) in [5.74, 6) is -3.10. The maximum absolute atomic E-state index is 14.8. The summed E-state index contributed by atoms with van der Waals surface area (Å²) >= 11 is 0. The van der Waals surface area contributed by atoms with Crippen LogP contribution in [0.15, 0.2) is 0 Å². The number of carbonyl (C=O) groups is 6. The van der Waals surface area contributed by atoms with E-state index >= 15 is 0 Å². The predicted octanol–water partition coefficient (Wildman–Crippen LogP) is -2.27. The molecule has 0 rings (SSSR count). The number of hydrogen-bond acceptors (Lipinski definition) is 25. The van der Waals surface area contributed by atoms with Gasteiger partial charge in [-0.3, -0.25) is 33.7 Å². The molecular formula is C56H108N6O24. The van der Waals surface area contributed by atoms with Crippen molar-refractivity contribution in [2.24, 2.45) is 0 Å². The first kappa shape index (κ1) is 82.3. The molecule has 0 heterocycles. The zero-order valence-electron chi connectivity index (χ0n) is 53.2. The maximum Gasteiger partial charge on any atom is 0.242 e. The minimum absolute atomic E-state index is 0.0114. The van der Waals surface area contributed by atoms with Crippen LogP contribution in [0, 0.1) is 0 Å². The molecule has 0 saturated heterocycles. The van der Waals surface area contributed by atoms with Crippen LogP contribution in [0.25, 0.3) is 0 Å². The first-order chi connectivity index (χ1) is 41.9. The minimum Gasteiger partial charge on any atom is -0.382 e. The average Bonchev–Trinajstić information content (AvgIpc) is 3.50. The summed E-state index contributed by atoms with van der Waals surface area (Å²) < 4.78 is 97.9. The number of nitrogens with zero attached hydrogens (tertiary/aromatic N) is 6. The molecule has 0 fully saturated rings. The summed E-state index contributed by atoms with van der Waals surface area (Å²) in [6.45, 7) is 7.28. The fourth-order valence-electron chi connectivity index (χ4n) is 7.07. The van der Waals surface area contributed by atoms with Gasteiger partial charge in [0.15, 0.2) is 0 Å². The van der Waals surface area contributed by atoms with Crippen molar-refractivity contribution < 1.29 is 114 Å². The largest absolute Gasteiger partial charge is 0.382 e. The van der Waals surface area contributed by atoms with Crippen molar-refractivity contribution in [3.63, 3.8) is 0 Å². The van der Waals surface area contributed by atoms with Gasteiger partial charge < -0.3 is 110 Å². The Hall–Kier alpha value is -3.74. The molecule has 0 aromatic carbocycles. The van der Waals surface area contributed by atoms with Crippen molar-refractivity contribution in [3.05, 3.63) is 0 Å². The molecule has 0 aliphatic carbocycles. The molecule has 0 saturated carbocycles. The van der Waals surface area contributed by atoms with Crippen LogP contribution < -0.4 is 0 Å². The highest BCUT2D eigenvalue weighted by Crippen LogP contribution is 2.06. The van der Waals surface area contributed by atoms with E-state index in [-0.39, 0.29) is 150 Å². The number of amides is 5. The standard InChI is InChI=1S/C56H108N6O24/c1-51(63)45-58(10-16-76-34-40-82-28-22-70-4)53(65)47-60(12-18-78-36-42-84-30-24-72-6)55(67)49-62(14-20-80-38-44-86-32-26-74-8)56(68)50-61(13-19-79-37-43-85-31-25-73-7)54(66)48-59(11-17-77-35-41-83-29-23-71-5)52(64)46-57(2)9-15-75-33-39-81-27-21-69-3/h9-50H2,1-8H3. The van der Waals surface area contributed by atoms with Crippen molar-refractivity contribution in [2.75, 3.05) is 326 Å². The molecule has 0 bridgehead atoms. The molecule has 30 heteroatoms. The zero-order valence-corrected chi connectivity index (χ0v) is 53.2. The van der Waals surface area contributed by atoms with Crippen molar-refractivity contribution in [2.45, 2.75) is 6.92 Å². The minimum atomic E-state index is -0.648. The van der Waals surface area contributed by atoms with Gasteiger partial charge in [0.1, 0.15) is 5.78 Å². The van der Waals surface area contributed by atoms with E-state index in [4.69, 9.17) is 85.3 Å². The summed E-state index contributed by atoms with van der Waals surface area (Å²) in [6, 6.07) is 0. The predicted molar refractivity (Wildman–Crippen MR) is 312 cm³/mol. The van der Waals surface area contributed by atoms with Gasteiger partial charge in [0.2, 0.25) is 29.5 Å². The highest BCUT2D eigenvalue weighted by molar-refractivity contribution is 5.92. The van der Waals surface area contributed by atoms with Crippen molar-refractivity contribution >= 4 is 35.3 Å². The lowest BCUT2D eigenvalue weighted by Crippen LogP contribution is -2.53. The summed E-state index contributed by atoms with van der Waals surface area (Å²) in [6.07, 6.45) is 0. The van der Waals surface area contributed by atoms with Crippen LogP contribution >= 0.6 is 0 Å². The number of methoxy groups -OCH3 is 6. The topological polar surface area (TPSA) is 288 Å². The van der Waals surface area contributed by atoms with E-state index in [9.17, 15) is 28.8 Å². The number of rotatable bonds is 66. The van der Waals surface area contributed by atoms with Crippen molar-refractivity contribution in [1.82, 2.24) is 29.4 Å². The highest BCUT2D eigenvalue weighted by atomic mass is 16.6. The molecule has 86 heavy (non-hydrogen) atoms. The molecule has 0 aromatic heterocycles. The smallest absolute Gasteiger partial charge is 0.242 e. The van der Waals surface area contributed by atoms with E-state index in [2.05, 4.69) is 0 Å². The molecule has 0 unspecified atom stereocenters. The quantitative estimate of drug-likeness (QED) is 0.0580. The number of carbonyl (C=O) groups excluding carboxylic acids is 6. The third kappa shape index (κ3) is 50.2. The lowest BCUT2D eigenvalue weighted by atomic mass is 10.3. The molecule has 0 atom stereocenters. The number of likely N-dealkylation sites (N-methyl/N-ethyl adjacent to an activating group) is 1. The van der Waals surface area contributed by atoms with Crippen LogP contribution in [0.4, 0.5) is 0 Å². The highest BCUT2D eigenvalue weighted by Gasteiger charge is 2.29. The van der Waals surface area contributed by atoms with Gasteiger partial charge in [0.25, 0.3) is 0 Å². The van der Waals surface area contributed by atoms with Crippen LogP contribution in [0.2, 0.25) is 0 Å². The second-order valence-corrected chi connectivity index (χ2v) is 18.8. The summed E-state index contributed by atoms with van der Waals surface area (Å²) in [5, 5.41) is 0. The van der Waals surface area contributed by atoms with Gasteiger partial charge in [-0.05, 0) is 14.0 Å². The van der Waals surface area contributed by atoms with Crippen LogP contribution in [0.5, 0.6) is 0 Å². The second kappa shape index (κ2) is 61.5. The zero-order chi connectivity index (χ0) is 63.4. The van der Waals surface area contributed by atoms with Gasteiger partial charge in [-0.1, -0.05) is 0 Å². The van der Waals surface area contributed by atoms with Crippen LogP contribution in [-0.2, 0) is 114 Å². The lowest BCUT2D eigenvalue weighted by Gasteiger charge is -2.32. The number of hydrogen-bond donors (Lipinski definition) is 0. The lowest BCUT2D eigenvalue weighted by molar-refractivity contribution is -0.148.